The zero-order chi connectivity index (χ0) is 14.7. The van der Waals surface area contributed by atoms with Crippen LogP contribution in [0.2, 0.25) is 5.02 Å². The molecule has 2 heterocycles. The predicted octanol–water partition coefficient (Wildman–Crippen LogP) is 4.06. The highest BCUT2D eigenvalue weighted by Crippen LogP contribution is 2.28. The second-order valence-electron chi connectivity index (χ2n) is 4.35. The van der Waals surface area contributed by atoms with Gasteiger partial charge in [0, 0.05) is 11.1 Å². The van der Waals surface area contributed by atoms with Crippen molar-refractivity contribution >= 4 is 34.6 Å². The van der Waals surface area contributed by atoms with Gasteiger partial charge in [0.15, 0.2) is 0 Å². The first kappa shape index (κ1) is 14.8. The summed E-state index contributed by atoms with van der Waals surface area (Å²) < 4.78 is 4.71. The van der Waals surface area contributed by atoms with E-state index in [4.69, 9.17) is 16.3 Å². The third kappa shape index (κ3) is 3.29. The molecule has 0 aliphatic rings. The number of halogens is 1. The number of anilines is 1. The van der Waals surface area contributed by atoms with Crippen LogP contribution in [0.15, 0.2) is 24.4 Å². The van der Waals surface area contributed by atoms with E-state index in [0.717, 1.165) is 16.3 Å². The minimum Gasteiger partial charge on any atom is -0.465 e. The van der Waals surface area contributed by atoms with Crippen molar-refractivity contribution in [3.05, 3.63) is 44.9 Å². The molecule has 6 heteroatoms. The van der Waals surface area contributed by atoms with E-state index in [1.54, 1.807) is 12.3 Å². The maximum Gasteiger partial charge on any atom is 0.348 e. The van der Waals surface area contributed by atoms with Crippen LogP contribution >= 0.6 is 22.9 Å². The van der Waals surface area contributed by atoms with Crippen LogP contribution in [0.4, 0.5) is 5.69 Å². The summed E-state index contributed by atoms with van der Waals surface area (Å²) in [5.74, 6) is -0.311. The van der Waals surface area contributed by atoms with E-state index in [1.165, 1.54) is 18.4 Å². The van der Waals surface area contributed by atoms with Crippen LogP contribution in [0.3, 0.4) is 0 Å². The number of esters is 1. The van der Waals surface area contributed by atoms with Crippen molar-refractivity contribution in [2.75, 3.05) is 12.4 Å². The Hall–Kier alpha value is -1.59. The van der Waals surface area contributed by atoms with Gasteiger partial charge < -0.3 is 10.1 Å². The first-order valence-electron chi connectivity index (χ1n) is 6.08. The fourth-order valence-electron chi connectivity index (χ4n) is 1.75. The number of hydrogen-bond acceptors (Lipinski definition) is 5. The summed E-state index contributed by atoms with van der Waals surface area (Å²) >= 11 is 7.36. The number of aryl methyl sites for hydroxylation is 1. The van der Waals surface area contributed by atoms with Crippen molar-refractivity contribution in [2.45, 2.75) is 19.9 Å². The molecule has 4 nitrogen and oxygen atoms in total. The predicted molar refractivity (Wildman–Crippen MR) is 81.7 cm³/mol. The third-order valence-electron chi connectivity index (χ3n) is 2.87. The fourth-order valence-corrected chi connectivity index (χ4v) is 2.84. The number of methoxy groups -OCH3 is 1. The summed E-state index contributed by atoms with van der Waals surface area (Å²) in [5.41, 5.74) is 1.77. The molecule has 0 saturated heterocycles. The van der Waals surface area contributed by atoms with Crippen LogP contribution in [0, 0.1) is 6.92 Å². The van der Waals surface area contributed by atoms with Gasteiger partial charge in [-0.1, -0.05) is 11.6 Å². The average Bonchev–Trinajstić information content (AvgIpc) is 2.91. The molecule has 2 aromatic rings. The lowest BCUT2D eigenvalue weighted by atomic mass is 10.2. The van der Waals surface area contributed by atoms with Gasteiger partial charge in [0.25, 0.3) is 0 Å². The van der Waals surface area contributed by atoms with Crippen LogP contribution in [-0.4, -0.2) is 18.1 Å². The van der Waals surface area contributed by atoms with Crippen molar-refractivity contribution in [3.8, 4) is 0 Å². The van der Waals surface area contributed by atoms with Crippen molar-refractivity contribution in [1.82, 2.24) is 4.98 Å². The normalized spacial score (nSPS) is 12.0. The van der Waals surface area contributed by atoms with Gasteiger partial charge in [-0.3, -0.25) is 4.98 Å². The highest BCUT2D eigenvalue weighted by Gasteiger charge is 2.14. The lowest BCUT2D eigenvalue weighted by Gasteiger charge is -2.15. The molecule has 0 spiro atoms. The van der Waals surface area contributed by atoms with Gasteiger partial charge in [-0.05, 0) is 32.0 Å². The molecule has 2 rings (SSSR count). The SMILES string of the molecule is COC(=O)c1ccc(C(C)Nc2cc(Cl)cnc2C)s1. The number of aromatic nitrogens is 1. The summed E-state index contributed by atoms with van der Waals surface area (Å²) in [6, 6.07) is 5.59. The molecule has 1 N–H and O–H groups in total. The van der Waals surface area contributed by atoms with E-state index in [0.29, 0.717) is 9.90 Å². The number of nitrogens with zero attached hydrogens (tertiary/aromatic N) is 1. The van der Waals surface area contributed by atoms with Gasteiger partial charge in [-0.15, -0.1) is 11.3 Å². The third-order valence-corrected chi connectivity index (χ3v) is 4.32. The Balaban J connectivity index is 2.15. The van der Waals surface area contributed by atoms with Crippen molar-refractivity contribution in [3.63, 3.8) is 0 Å². The topological polar surface area (TPSA) is 51.2 Å². The Morgan fingerprint density at radius 2 is 2.25 bits per heavy atom. The number of rotatable bonds is 4. The maximum absolute atomic E-state index is 11.4. The van der Waals surface area contributed by atoms with E-state index < -0.39 is 0 Å². The summed E-state index contributed by atoms with van der Waals surface area (Å²) in [5, 5.41) is 3.94. The quantitative estimate of drug-likeness (QED) is 0.865. The van der Waals surface area contributed by atoms with E-state index in [1.807, 2.05) is 26.0 Å². The lowest BCUT2D eigenvalue weighted by Crippen LogP contribution is -2.06. The van der Waals surface area contributed by atoms with E-state index >= 15 is 0 Å². The molecular weight excluding hydrogens is 296 g/mol. The zero-order valence-corrected chi connectivity index (χ0v) is 13.0. The van der Waals surface area contributed by atoms with Gasteiger partial charge in [-0.25, -0.2) is 4.79 Å². The summed E-state index contributed by atoms with van der Waals surface area (Å²) in [6.07, 6.45) is 1.62. The Kier molecular flexibility index (Phi) is 4.62. The average molecular weight is 311 g/mol. The maximum atomic E-state index is 11.4. The van der Waals surface area contributed by atoms with Crippen LogP contribution in [0.5, 0.6) is 0 Å². The minimum atomic E-state index is -0.311. The molecule has 1 atom stereocenters. The highest BCUT2D eigenvalue weighted by atomic mass is 35.5. The molecule has 0 aliphatic heterocycles. The van der Waals surface area contributed by atoms with Crippen LogP contribution in [0.1, 0.15) is 33.2 Å². The molecule has 0 bridgehead atoms. The van der Waals surface area contributed by atoms with E-state index in [2.05, 4.69) is 10.3 Å². The Morgan fingerprint density at radius 3 is 2.95 bits per heavy atom. The summed E-state index contributed by atoms with van der Waals surface area (Å²) in [4.78, 5) is 17.3. The van der Waals surface area contributed by atoms with Crippen molar-refractivity contribution in [2.24, 2.45) is 0 Å². The largest absolute Gasteiger partial charge is 0.465 e. The zero-order valence-electron chi connectivity index (χ0n) is 11.4. The van der Waals surface area contributed by atoms with Gasteiger partial charge in [0.1, 0.15) is 4.88 Å². The fraction of sp³-hybridized carbons (Fsp3) is 0.286. The monoisotopic (exact) mass is 310 g/mol. The standard InChI is InChI=1S/C14H15ClN2O2S/c1-8-11(6-10(15)7-16-8)17-9(2)12-4-5-13(20-12)14(18)19-3/h4-7,9,17H,1-3H3. The molecule has 0 aromatic carbocycles. The summed E-state index contributed by atoms with van der Waals surface area (Å²) in [6.45, 7) is 3.94. The van der Waals surface area contributed by atoms with Crippen LogP contribution < -0.4 is 5.32 Å². The number of thiophene rings is 1. The summed E-state index contributed by atoms with van der Waals surface area (Å²) in [7, 11) is 1.38. The first-order chi connectivity index (χ1) is 9.51. The van der Waals surface area contributed by atoms with Crippen LogP contribution in [-0.2, 0) is 4.74 Å². The highest BCUT2D eigenvalue weighted by molar-refractivity contribution is 7.14. The number of pyridine rings is 1. The van der Waals surface area contributed by atoms with E-state index in [-0.39, 0.29) is 12.0 Å². The molecular formula is C14H15ClN2O2S. The number of nitrogens with one attached hydrogen (secondary N) is 1. The lowest BCUT2D eigenvalue weighted by molar-refractivity contribution is 0.0606. The van der Waals surface area contributed by atoms with Gasteiger partial charge in [-0.2, -0.15) is 0 Å². The molecule has 0 fully saturated rings. The number of carbonyl (C=O) groups is 1. The molecule has 1 unspecified atom stereocenters. The van der Waals surface area contributed by atoms with Gasteiger partial charge in [0.05, 0.1) is 29.6 Å². The number of carbonyl (C=O) groups excluding carboxylic acids is 1. The molecule has 20 heavy (non-hydrogen) atoms. The van der Waals surface area contributed by atoms with Gasteiger partial charge in [0.2, 0.25) is 0 Å². The smallest absolute Gasteiger partial charge is 0.348 e. The second kappa shape index (κ2) is 6.24. The van der Waals surface area contributed by atoms with E-state index in [9.17, 15) is 4.79 Å². The van der Waals surface area contributed by atoms with Gasteiger partial charge >= 0.3 is 5.97 Å². The molecule has 0 amide bonds. The molecule has 0 radical (unpaired) electrons. The second-order valence-corrected chi connectivity index (χ2v) is 5.90. The number of hydrogen-bond donors (Lipinski definition) is 1. The molecule has 0 aliphatic carbocycles. The van der Waals surface area contributed by atoms with Crippen molar-refractivity contribution in [1.29, 1.82) is 0 Å². The minimum absolute atomic E-state index is 0.0531. The Labute approximate surface area is 126 Å². The Bertz CT molecular complexity index is 627. The molecule has 106 valence electrons. The molecule has 2 aromatic heterocycles. The first-order valence-corrected chi connectivity index (χ1v) is 7.27. The molecule has 0 saturated carbocycles. The van der Waals surface area contributed by atoms with Crippen molar-refractivity contribution < 1.29 is 9.53 Å². The Morgan fingerprint density at radius 1 is 1.50 bits per heavy atom. The van der Waals surface area contributed by atoms with Crippen LogP contribution in [0.25, 0.3) is 0 Å². The number of ether oxygens (including phenoxy) is 1.